The van der Waals surface area contributed by atoms with Crippen molar-refractivity contribution in [3.8, 4) is 0 Å². The molecule has 5 heteroatoms. The monoisotopic (exact) mass is 222 g/mol. The van der Waals surface area contributed by atoms with Crippen molar-refractivity contribution in [3.63, 3.8) is 0 Å². The van der Waals surface area contributed by atoms with Crippen LogP contribution in [0.3, 0.4) is 0 Å². The molecule has 80 valence electrons. The third kappa shape index (κ3) is 2.08. The zero-order chi connectivity index (χ0) is 10.7. The number of thiophene rings is 1. The Morgan fingerprint density at radius 2 is 2.33 bits per heavy atom. The maximum Gasteiger partial charge on any atom is 0.152 e. The summed E-state index contributed by atoms with van der Waals surface area (Å²) in [6, 6.07) is 1.98. The van der Waals surface area contributed by atoms with E-state index in [9.17, 15) is 0 Å². The molecule has 3 N–H and O–H groups in total. The van der Waals surface area contributed by atoms with E-state index in [1.54, 1.807) is 11.3 Å². The summed E-state index contributed by atoms with van der Waals surface area (Å²) in [5.74, 6) is 7.04. The number of nitrogen functional groups attached to an aromatic ring is 1. The molecule has 0 aliphatic rings. The average molecular weight is 222 g/mol. The van der Waals surface area contributed by atoms with Crippen LogP contribution in [0, 0.1) is 0 Å². The number of nitrogens with zero attached hydrogens (tertiary/aromatic N) is 2. The largest absolute Gasteiger partial charge is 0.308 e. The molecule has 0 amide bonds. The number of unbranched alkanes of at least 4 members (excludes halogenated alkanes) is 1. The van der Waals surface area contributed by atoms with Gasteiger partial charge in [-0.2, -0.15) is 0 Å². The second kappa shape index (κ2) is 4.55. The molecule has 2 heterocycles. The molecule has 2 aromatic heterocycles. The standard InChI is InChI=1S/C10H14N4S/c1-2-3-4-8-12-9(14-11)7-5-6-15-10(7)13-8/h5-6H,2-4,11H2,1H3,(H,12,13,14). The Kier molecular flexibility index (Phi) is 3.13. The molecule has 0 saturated carbocycles. The van der Waals surface area contributed by atoms with Crippen LogP contribution in [0.1, 0.15) is 25.6 Å². The lowest BCUT2D eigenvalue weighted by Crippen LogP contribution is -2.10. The Morgan fingerprint density at radius 3 is 3.07 bits per heavy atom. The summed E-state index contributed by atoms with van der Waals surface area (Å²) in [4.78, 5) is 9.89. The van der Waals surface area contributed by atoms with Gasteiger partial charge in [0.1, 0.15) is 10.7 Å². The van der Waals surface area contributed by atoms with Crippen LogP contribution in [0.2, 0.25) is 0 Å². The van der Waals surface area contributed by atoms with E-state index in [1.807, 2.05) is 11.4 Å². The number of hydrogen-bond donors (Lipinski definition) is 2. The Bertz CT molecular complexity index is 452. The molecule has 4 nitrogen and oxygen atoms in total. The first-order chi connectivity index (χ1) is 7.35. The molecule has 0 radical (unpaired) electrons. The third-order valence-electron chi connectivity index (χ3n) is 2.26. The lowest BCUT2D eigenvalue weighted by atomic mass is 10.2. The Labute approximate surface area is 92.5 Å². The van der Waals surface area contributed by atoms with Crippen LogP contribution in [-0.4, -0.2) is 9.97 Å². The summed E-state index contributed by atoms with van der Waals surface area (Å²) in [5.41, 5.74) is 2.63. The molecule has 0 saturated heterocycles. The van der Waals surface area contributed by atoms with E-state index in [0.717, 1.165) is 41.1 Å². The topological polar surface area (TPSA) is 63.8 Å². The first kappa shape index (κ1) is 10.3. The fourth-order valence-corrected chi connectivity index (χ4v) is 2.24. The minimum absolute atomic E-state index is 0.729. The minimum Gasteiger partial charge on any atom is -0.308 e. The first-order valence-electron chi connectivity index (χ1n) is 5.06. The maximum atomic E-state index is 5.44. The van der Waals surface area contributed by atoms with E-state index in [0.29, 0.717) is 0 Å². The van der Waals surface area contributed by atoms with Crippen molar-refractivity contribution in [1.29, 1.82) is 0 Å². The molecule has 0 bridgehead atoms. The first-order valence-corrected chi connectivity index (χ1v) is 5.94. The number of anilines is 1. The molecule has 0 aliphatic heterocycles. The summed E-state index contributed by atoms with van der Waals surface area (Å²) in [5, 5.41) is 3.01. The van der Waals surface area contributed by atoms with Gasteiger partial charge in [-0.05, 0) is 17.9 Å². The van der Waals surface area contributed by atoms with Gasteiger partial charge in [-0.1, -0.05) is 13.3 Å². The van der Waals surface area contributed by atoms with Crippen molar-refractivity contribution in [2.45, 2.75) is 26.2 Å². The molecule has 0 aliphatic carbocycles. The summed E-state index contributed by atoms with van der Waals surface area (Å²) in [6.45, 7) is 2.16. The predicted octanol–water partition coefficient (Wildman–Crippen LogP) is 2.32. The van der Waals surface area contributed by atoms with Crippen LogP contribution in [0.25, 0.3) is 10.2 Å². The van der Waals surface area contributed by atoms with Gasteiger partial charge in [0, 0.05) is 6.42 Å². The molecular weight excluding hydrogens is 208 g/mol. The number of nitrogens with one attached hydrogen (secondary N) is 1. The van der Waals surface area contributed by atoms with Crippen LogP contribution < -0.4 is 11.3 Å². The average Bonchev–Trinajstić information content (AvgIpc) is 2.73. The molecule has 2 aromatic rings. The number of hydrogen-bond acceptors (Lipinski definition) is 5. The maximum absolute atomic E-state index is 5.44. The third-order valence-corrected chi connectivity index (χ3v) is 3.07. The number of rotatable bonds is 4. The fourth-order valence-electron chi connectivity index (χ4n) is 1.46. The number of hydrazine groups is 1. The summed E-state index contributed by atoms with van der Waals surface area (Å²) in [7, 11) is 0. The highest BCUT2D eigenvalue weighted by Crippen LogP contribution is 2.24. The summed E-state index contributed by atoms with van der Waals surface area (Å²) >= 11 is 1.62. The van der Waals surface area contributed by atoms with Gasteiger partial charge in [0.25, 0.3) is 0 Å². The molecule has 15 heavy (non-hydrogen) atoms. The minimum atomic E-state index is 0.729. The van der Waals surface area contributed by atoms with Crippen molar-refractivity contribution in [2.75, 3.05) is 5.43 Å². The van der Waals surface area contributed by atoms with Gasteiger partial charge in [0.15, 0.2) is 5.82 Å². The van der Waals surface area contributed by atoms with Crippen molar-refractivity contribution in [3.05, 3.63) is 17.3 Å². The van der Waals surface area contributed by atoms with Gasteiger partial charge in [0.2, 0.25) is 0 Å². The van der Waals surface area contributed by atoms with Crippen LogP contribution in [0.15, 0.2) is 11.4 Å². The van der Waals surface area contributed by atoms with E-state index in [4.69, 9.17) is 5.84 Å². The van der Waals surface area contributed by atoms with E-state index in [2.05, 4.69) is 22.3 Å². The zero-order valence-electron chi connectivity index (χ0n) is 8.66. The highest BCUT2D eigenvalue weighted by Gasteiger charge is 2.07. The molecule has 0 spiro atoms. The van der Waals surface area contributed by atoms with Crippen LogP contribution >= 0.6 is 11.3 Å². The molecule has 2 rings (SSSR count). The molecule has 0 fully saturated rings. The summed E-state index contributed by atoms with van der Waals surface area (Å²) in [6.07, 6.45) is 3.18. The van der Waals surface area contributed by atoms with Crippen molar-refractivity contribution >= 4 is 27.4 Å². The normalized spacial score (nSPS) is 10.8. The number of nitrogens with two attached hydrogens (primary N) is 1. The van der Waals surface area contributed by atoms with E-state index in [-0.39, 0.29) is 0 Å². The van der Waals surface area contributed by atoms with Crippen molar-refractivity contribution < 1.29 is 0 Å². The number of aryl methyl sites for hydroxylation is 1. The fraction of sp³-hybridized carbons (Fsp3) is 0.400. The number of fused-ring (bicyclic) bond motifs is 1. The highest BCUT2D eigenvalue weighted by atomic mass is 32.1. The Morgan fingerprint density at radius 1 is 1.47 bits per heavy atom. The van der Waals surface area contributed by atoms with Gasteiger partial charge in [-0.3, -0.25) is 0 Å². The lowest BCUT2D eigenvalue weighted by Gasteiger charge is -2.04. The van der Waals surface area contributed by atoms with Crippen LogP contribution in [0.5, 0.6) is 0 Å². The molecular formula is C10H14N4S. The molecule has 0 unspecified atom stereocenters. The molecule has 0 aromatic carbocycles. The Hall–Kier alpha value is -1.20. The highest BCUT2D eigenvalue weighted by molar-refractivity contribution is 7.16. The Balaban J connectivity index is 2.40. The van der Waals surface area contributed by atoms with Crippen molar-refractivity contribution in [1.82, 2.24) is 9.97 Å². The van der Waals surface area contributed by atoms with E-state index < -0.39 is 0 Å². The quantitative estimate of drug-likeness (QED) is 0.615. The van der Waals surface area contributed by atoms with Gasteiger partial charge < -0.3 is 5.43 Å². The SMILES string of the molecule is CCCCc1nc(NN)c2ccsc2n1. The van der Waals surface area contributed by atoms with Crippen LogP contribution in [0.4, 0.5) is 5.82 Å². The van der Waals surface area contributed by atoms with Gasteiger partial charge in [0.05, 0.1) is 5.39 Å². The molecule has 0 atom stereocenters. The second-order valence-corrected chi connectivity index (χ2v) is 4.27. The van der Waals surface area contributed by atoms with E-state index in [1.165, 1.54) is 0 Å². The second-order valence-electron chi connectivity index (χ2n) is 3.38. The number of aromatic nitrogens is 2. The zero-order valence-corrected chi connectivity index (χ0v) is 9.47. The van der Waals surface area contributed by atoms with Gasteiger partial charge >= 0.3 is 0 Å². The smallest absolute Gasteiger partial charge is 0.152 e. The van der Waals surface area contributed by atoms with Gasteiger partial charge in [-0.15, -0.1) is 11.3 Å². The van der Waals surface area contributed by atoms with Crippen LogP contribution in [-0.2, 0) is 6.42 Å². The summed E-state index contributed by atoms with van der Waals surface area (Å²) < 4.78 is 0. The van der Waals surface area contributed by atoms with Gasteiger partial charge in [-0.25, -0.2) is 15.8 Å². The van der Waals surface area contributed by atoms with Crippen molar-refractivity contribution in [2.24, 2.45) is 5.84 Å². The lowest BCUT2D eigenvalue weighted by molar-refractivity contribution is 0.758. The predicted molar refractivity (Wildman–Crippen MR) is 63.8 cm³/mol. The van der Waals surface area contributed by atoms with E-state index >= 15 is 0 Å².